The Morgan fingerprint density at radius 1 is 1.33 bits per heavy atom. The molecule has 3 unspecified atom stereocenters. The Bertz CT molecular complexity index is 209. The fraction of sp³-hybridized carbons (Fsp3) is 1.00. The largest absolute Gasteiger partial charge is 0.326 e. The number of rotatable bonds is 2. The van der Waals surface area contributed by atoms with Crippen molar-refractivity contribution in [3.05, 3.63) is 0 Å². The van der Waals surface area contributed by atoms with E-state index in [-0.39, 0.29) is 0 Å². The zero-order chi connectivity index (χ0) is 10.8. The van der Waals surface area contributed by atoms with E-state index in [1.54, 1.807) is 0 Å². The summed E-state index contributed by atoms with van der Waals surface area (Å²) in [6.45, 7) is 5.66. The van der Waals surface area contributed by atoms with Crippen LogP contribution in [0.25, 0.3) is 0 Å². The average molecular weight is 212 g/mol. The lowest BCUT2D eigenvalue weighted by Gasteiger charge is -2.39. The minimum atomic E-state index is 0.327. The summed E-state index contributed by atoms with van der Waals surface area (Å²) in [5.41, 5.74) is 6.40. The summed E-state index contributed by atoms with van der Waals surface area (Å²) in [5.74, 6) is 0.683. The van der Waals surface area contributed by atoms with Crippen molar-refractivity contribution in [2.45, 2.75) is 18.5 Å². The topological polar surface area (TPSA) is 44.5 Å². The predicted molar refractivity (Wildman–Crippen MR) is 62.9 cm³/mol. The number of piperazine rings is 1. The third kappa shape index (κ3) is 2.50. The van der Waals surface area contributed by atoms with Crippen molar-refractivity contribution in [2.75, 3.05) is 46.8 Å². The van der Waals surface area contributed by atoms with E-state index in [1.165, 1.54) is 19.5 Å². The molecule has 0 aromatic rings. The first-order valence-corrected chi connectivity index (χ1v) is 6.03. The molecule has 4 nitrogen and oxygen atoms in total. The zero-order valence-electron chi connectivity index (χ0n) is 9.95. The molecule has 3 atom stereocenters. The molecule has 2 rings (SSSR count). The van der Waals surface area contributed by atoms with E-state index in [0.29, 0.717) is 18.0 Å². The Morgan fingerprint density at radius 3 is 2.73 bits per heavy atom. The van der Waals surface area contributed by atoms with Crippen LogP contribution in [0.15, 0.2) is 0 Å². The second kappa shape index (κ2) is 4.78. The highest BCUT2D eigenvalue weighted by molar-refractivity contribution is 4.93. The second-order valence-corrected chi connectivity index (χ2v) is 5.14. The zero-order valence-corrected chi connectivity index (χ0v) is 9.95. The Labute approximate surface area is 92.8 Å². The van der Waals surface area contributed by atoms with E-state index >= 15 is 0 Å². The van der Waals surface area contributed by atoms with Gasteiger partial charge < -0.3 is 16.0 Å². The molecule has 0 aliphatic carbocycles. The van der Waals surface area contributed by atoms with Crippen molar-refractivity contribution in [2.24, 2.45) is 11.7 Å². The van der Waals surface area contributed by atoms with Crippen molar-refractivity contribution in [1.82, 2.24) is 15.1 Å². The molecule has 2 fully saturated rings. The van der Waals surface area contributed by atoms with E-state index in [4.69, 9.17) is 5.73 Å². The van der Waals surface area contributed by atoms with Gasteiger partial charge >= 0.3 is 0 Å². The molecule has 0 aromatic carbocycles. The second-order valence-electron chi connectivity index (χ2n) is 5.14. The SMILES string of the molecule is CN1CCC(C(N)C2CNCCN2C)C1. The van der Waals surface area contributed by atoms with Crippen molar-refractivity contribution in [1.29, 1.82) is 0 Å². The van der Waals surface area contributed by atoms with Crippen molar-refractivity contribution in [3.8, 4) is 0 Å². The molecule has 0 amide bonds. The quantitative estimate of drug-likeness (QED) is 0.627. The van der Waals surface area contributed by atoms with E-state index in [0.717, 1.165) is 19.6 Å². The Hall–Kier alpha value is -0.160. The number of nitrogens with two attached hydrogens (primary N) is 1. The number of hydrogen-bond donors (Lipinski definition) is 2. The van der Waals surface area contributed by atoms with Crippen LogP contribution < -0.4 is 11.1 Å². The molecule has 2 heterocycles. The molecule has 3 N–H and O–H groups in total. The third-order valence-corrected chi connectivity index (χ3v) is 3.98. The van der Waals surface area contributed by atoms with Gasteiger partial charge in [-0.05, 0) is 33.0 Å². The van der Waals surface area contributed by atoms with Crippen LogP contribution in [0.2, 0.25) is 0 Å². The lowest BCUT2D eigenvalue weighted by atomic mass is 9.91. The minimum absolute atomic E-state index is 0.327. The Balaban J connectivity index is 1.91. The van der Waals surface area contributed by atoms with Gasteiger partial charge in [0.1, 0.15) is 0 Å². The van der Waals surface area contributed by atoms with Gasteiger partial charge in [-0.25, -0.2) is 0 Å². The van der Waals surface area contributed by atoms with E-state index in [1.807, 2.05) is 0 Å². The van der Waals surface area contributed by atoms with Gasteiger partial charge in [-0.1, -0.05) is 0 Å². The molecular weight excluding hydrogens is 188 g/mol. The molecule has 0 radical (unpaired) electrons. The van der Waals surface area contributed by atoms with Crippen LogP contribution in [-0.2, 0) is 0 Å². The number of nitrogens with one attached hydrogen (secondary N) is 1. The molecular formula is C11H24N4. The minimum Gasteiger partial charge on any atom is -0.326 e. The van der Waals surface area contributed by atoms with Gasteiger partial charge in [0.05, 0.1) is 0 Å². The molecule has 15 heavy (non-hydrogen) atoms. The molecule has 0 aromatic heterocycles. The first-order chi connectivity index (χ1) is 7.18. The van der Waals surface area contributed by atoms with E-state index in [2.05, 4.69) is 29.2 Å². The van der Waals surface area contributed by atoms with Gasteiger partial charge in [0, 0.05) is 38.3 Å². The Morgan fingerprint density at radius 2 is 2.13 bits per heavy atom. The van der Waals surface area contributed by atoms with Gasteiger partial charge in [0.15, 0.2) is 0 Å². The third-order valence-electron chi connectivity index (χ3n) is 3.98. The normalized spacial score (nSPS) is 37.0. The molecule has 88 valence electrons. The summed E-state index contributed by atoms with van der Waals surface area (Å²) < 4.78 is 0. The van der Waals surface area contributed by atoms with Crippen LogP contribution in [0.4, 0.5) is 0 Å². The molecule has 0 spiro atoms. The van der Waals surface area contributed by atoms with Crippen LogP contribution in [0, 0.1) is 5.92 Å². The van der Waals surface area contributed by atoms with Crippen LogP contribution in [0.5, 0.6) is 0 Å². The first-order valence-electron chi connectivity index (χ1n) is 6.03. The maximum Gasteiger partial charge on any atom is 0.0372 e. The lowest BCUT2D eigenvalue weighted by Crippen LogP contribution is -2.59. The number of hydrogen-bond acceptors (Lipinski definition) is 4. The summed E-state index contributed by atoms with van der Waals surface area (Å²) >= 11 is 0. The molecule has 2 aliphatic heterocycles. The van der Waals surface area contributed by atoms with Crippen molar-refractivity contribution >= 4 is 0 Å². The predicted octanol–water partition coefficient (Wildman–Crippen LogP) is -0.831. The fourth-order valence-corrected chi connectivity index (χ4v) is 2.85. The Kier molecular flexibility index (Phi) is 3.61. The van der Waals surface area contributed by atoms with Gasteiger partial charge in [-0.3, -0.25) is 4.90 Å². The van der Waals surface area contributed by atoms with Crippen LogP contribution in [-0.4, -0.2) is 68.7 Å². The van der Waals surface area contributed by atoms with Gasteiger partial charge in [-0.2, -0.15) is 0 Å². The highest BCUT2D eigenvalue weighted by atomic mass is 15.2. The van der Waals surface area contributed by atoms with Crippen molar-refractivity contribution < 1.29 is 0 Å². The van der Waals surface area contributed by atoms with Crippen LogP contribution in [0.1, 0.15) is 6.42 Å². The highest BCUT2D eigenvalue weighted by Gasteiger charge is 2.33. The maximum atomic E-state index is 6.40. The van der Waals surface area contributed by atoms with E-state index < -0.39 is 0 Å². The molecule has 0 bridgehead atoms. The van der Waals surface area contributed by atoms with Gasteiger partial charge in [0.2, 0.25) is 0 Å². The molecule has 4 heteroatoms. The number of nitrogens with zero attached hydrogens (tertiary/aromatic N) is 2. The number of likely N-dealkylation sites (tertiary alicyclic amines) is 1. The number of likely N-dealkylation sites (N-methyl/N-ethyl adjacent to an activating group) is 1. The summed E-state index contributed by atoms with van der Waals surface area (Å²) in [6, 6.07) is 0.850. The fourth-order valence-electron chi connectivity index (χ4n) is 2.85. The summed E-state index contributed by atoms with van der Waals surface area (Å²) in [6.07, 6.45) is 1.27. The summed E-state index contributed by atoms with van der Waals surface area (Å²) in [4.78, 5) is 4.81. The average Bonchev–Trinajstić information content (AvgIpc) is 2.65. The first kappa shape index (κ1) is 11.3. The summed E-state index contributed by atoms with van der Waals surface area (Å²) in [5, 5.41) is 3.45. The molecule has 0 saturated carbocycles. The smallest absolute Gasteiger partial charge is 0.0372 e. The van der Waals surface area contributed by atoms with Gasteiger partial charge in [0.25, 0.3) is 0 Å². The molecule has 2 aliphatic rings. The summed E-state index contributed by atoms with van der Waals surface area (Å²) in [7, 11) is 4.39. The van der Waals surface area contributed by atoms with E-state index in [9.17, 15) is 0 Å². The molecule has 2 saturated heterocycles. The van der Waals surface area contributed by atoms with Crippen molar-refractivity contribution in [3.63, 3.8) is 0 Å². The maximum absolute atomic E-state index is 6.40. The highest BCUT2D eigenvalue weighted by Crippen LogP contribution is 2.21. The lowest BCUT2D eigenvalue weighted by molar-refractivity contribution is 0.148. The standard InChI is InChI=1S/C11H24N4/c1-14-5-3-9(8-14)11(12)10-7-13-4-6-15(10)2/h9-11,13H,3-8,12H2,1-2H3. The monoisotopic (exact) mass is 212 g/mol. The van der Waals surface area contributed by atoms with Crippen LogP contribution in [0.3, 0.4) is 0 Å². The van der Waals surface area contributed by atoms with Gasteiger partial charge in [-0.15, -0.1) is 0 Å². The van der Waals surface area contributed by atoms with Crippen LogP contribution >= 0.6 is 0 Å².